The van der Waals surface area contributed by atoms with Crippen molar-refractivity contribution in [2.24, 2.45) is 0 Å². The van der Waals surface area contributed by atoms with Crippen LogP contribution in [0.2, 0.25) is 0 Å². The lowest BCUT2D eigenvalue weighted by molar-refractivity contribution is 0.190. The van der Waals surface area contributed by atoms with Gasteiger partial charge in [0.25, 0.3) is 0 Å². The molecule has 16 heavy (non-hydrogen) atoms. The van der Waals surface area contributed by atoms with Gasteiger partial charge >= 0.3 is 0 Å². The Kier molecular flexibility index (Phi) is 3.25. The molecule has 2 nitrogen and oxygen atoms in total. The highest BCUT2D eigenvalue weighted by atomic mass is 19.1. The van der Waals surface area contributed by atoms with Crippen molar-refractivity contribution >= 4 is 10.9 Å². The zero-order chi connectivity index (χ0) is 11.5. The van der Waals surface area contributed by atoms with Gasteiger partial charge in [0, 0.05) is 31.8 Å². The molecule has 2 aromatic rings. The van der Waals surface area contributed by atoms with E-state index in [-0.39, 0.29) is 5.82 Å². The Balaban J connectivity index is 2.37. The summed E-state index contributed by atoms with van der Waals surface area (Å²) in [5.41, 5.74) is 1.82. The van der Waals surface area contributed by atoms with Gasteiger partial charge in [-0.3, -0.25) is 0 Å². The van der Waals surface area contributed by atoms with Crippen LogP contribution in [0.4, 0.5) is 4.39 Å². The van der Waals surface area contributed by atoms with Gasteiger partial charge in [0.1, 0.15) is 5.82 Å². The fourth-order valence-electron chi connectivity index (χ4n) is 2.05. The number of fused-ring (bicyclic) bond motifs is 1. The summed E-state index contributed by atoms with van der Waals surface area (Å²) in [5.74, 6) is -0.150. The van der Waals surface area contributed by atoms with E-state index in [4.69, 9.17) is 4.74 Å². The van der Waals surface area contributed by atoms with Gasteiger partial charge in [-0.1, -0.05) is 12.1 Å². The maximum atomic E-state index is 13.7. The van der Waals surface area contributed by atoms with Crippen molar-refractivity contribution in [1.29, 1.82) is 0 Å². The number of hydrogen-bond acceptors (Lipinski definition) is 1. The molecule has 2 rings (SSSR count). The van der Waals surface area contributed by atoms with Crippen LogP contribution in [-0.2, 0) is 11.3 Å². The van der Waals surface area contributed by atoms with E-state index in [1.807, 2.05) is 23.8 Å². The second-order valence-electron chi connectivity index (χ2n) is 3.99. The first-order valence-corrected chi connectivity index (χ1v) is 5.47. The molecule has 0 N–H and O–H groups in total. The molecule has 0 aliphatic rings. The molecule has 0 saturated carbocycles. The number of hydrogen-bond donors (Lipinski definition) is 0. The van der Waals surface area contributed by atoms with Crippen LogP contribution in [0.25, 0.3) is 10.9 Å². The van der Waals surface area contributed by atoms with Gasteiger partial charge < -0.3 is 9.30 Å². The lowest BCUT2D eigenvalue weighted by Gasteiger charge is -2.05. The van der Waals surface area contributed by atoms with Crippen LogP contribution in [0.5, 0.6) is 0 Å². The summed E-state index contributed by atoms with van der Waals surface area (Å²) in [6.07, 6.45) is 2.90. The molecule has 0 saturated heterocycles. The predicted octanol–water partition coefficient (Wildman–Crippen LogP) is 3.13. The summed E-state index contributed by atoms with van der Waals surface area (Å²) in [6.45, 7) is 3.50. The second kappa shape index (κ2) is 4.66. The highest BCUT2D eigenvalue weighted by molar-refractivity contribution is 5.84. The van der Waals surface area contributed by atoms with Crippen molar-refractivity contribution in [2.75, 3.05) is 13.7 Å². The number of aryl methyl sites for hydroxylation is 2. The van der Waals surface area contributed by atoms with Crippen LogP contribution >= 0.6 is 0 Å². The van der Waals surface area contributed by atoms with Crippen molar-refractivity contribution in [3.63, 3.8) is 0 Å². The van der Waals surface area contributed by atoms with Crippen LogP contribution in [0.15, 0.2) is 24.4 Å². The van der Waals surface area contributed by atoms with Crippen LogP contribution in [-0.4, -0.2) is 18.3 Å². The number of benzene rings is 1. The van der Waals surface area contributed by atoms with E-state index in [9.17, 15) is 4.39 Å². The second-order valence-corrected chi connectivity index (χ2v) is 3.99. The number of nitrogens with zero attached hydrogens (tertiary/aromatic N) is 1. The number of ether oxygens (including phenoxy) is 1. The minimum absolute atomic E-state index is 0.150. The van der Waals surface area contributed by atoms with Gasteiger partial charge in [-0.15, -0.1) is 0 Å². The number of aromatic nitrogens is 1. The van der Waals surface area contributed by atoms with E-state index < -0.39 is 0 Å². The molecule has 1 aromatic heterocycles. The van der Waals surface area contributed by atoms with Crippen LogP contribution in [0.3, 0.4) is 0 Å². The van der Waals surface area contributed by atoms with Crippen molar-refractivity contribution in [2.45, 2.75) is 19.9 Å². The summed E-state index contributed by atoms with van der Waals surface area (Å²) in [7, 11) is 1.68. The molecule has 3 heteroatoms. The zero-order valence-corrected chi connectivity index (χ0v) is 9.66. The van der Waals surface area contributed by atoms with Crippen molar-refractivity contribution < 1.29 is 9.13 Å². The van der Waals surface area contributed by atoms with Gasteiger partial charge in [-0.05, 0) is 25.0 Å². The molecular weight excluding hydrogens is 205 g/mol. The molecule has 0 fully saturated rings. The van der Waals surface area contributed by atoms with Crippen LogP contribution in [0.1, 0.15) is 12.0 Å². The minimum Gasteiger partial charge on any atom is -0.385 e. The van der Waals surface area contributed by atoms with Gasteiger partial charge in [-0.25, -0.2) is 4.39 Å². The van der Waals surface area contributed by atoms with E-state index in [1.54, 1.807) is 13.2 Å². The van der Waals surface area contributed by atoms with Crippen molar-refractivity contribution in [3.8, 4) is 0 Å². The SMILES string of the molecule is COCCCn1cc(C)c2cccc(F)c21. The van der Waals surface area contributed by atoms with Crippen LogP contribution in [0, 0.1) is 12.7 Å². The molecule has 1 heterocycles. The molecule has 0 atom stereocenters. The third-order valence-electron chi connectivity index (χ3n) is 2.80. The summed E-state index contributed by atoms with van der Waals surface area (Å²) in [6, 6.07) is 5.22. The summed E-state index contributed by atoms with van der Waals surface area (Å²) >= 11 is 0. The molecule has 86 valence electrons. The first-order chi connectivity index (χ1) is 7.74. The van der Waals surface area contributed by atoms with Gasteiger partial charge in [0.2, 0.25) is 0 Å². The third-order valence-corrected chi connectivity index (χ3v) is 2.80. The zero-order valence-electron chi connectivity index (χ0n) is 9.66. The summed E-state index contributed by atoms with van der Waals surface area (Å²) in [5, 5.41) is 0.998. The fraction of sp³-hybridized carbons (Fsp3) is 0.385. The first-order valence-electron chi connectivity index (χ1n) is 5.47. The Hall–Kier alpha value is -1.35. The van der Waals surface area contributed by atoms with Gasteiger partial charge in [0.15, 0.2) is 0 Å². The lowest BCUT2D eigenvalue weighted by atomic mass is 10.2. The number of methoxy groups -OCH3 is 1. The van der Waals surface area contributed by atoms with E-state index in [1.165, 1.54) is 6.07 Å². The molecule has 0 bridgehead atoms. The van der Waals surface area contributed by atoms with Gasteiger partial charge in [-0.2, -0.15) is 0 Å². The molecule has 0 aliphatic heterocycles. The first kappa shape index (κ1) is 11.1. The van der Waals surface area contributed by atoms with E-state index in [0.717, 1.165) is 23.9 Å². The lowest BCUT2D eigenvalue weighted by Crippen LogP contribution is -2.00. The maximum absolute atomic E-state index is 13.7. The molecule has 0 spiro atoms. The van der Waals surface area contributed by atoms with E-state index in [0.29, 0.717) is 12.1 Å². The molecule has 0 aliphatic carbocycles. The average molecular weight is 221 g/mol. The Labute approximate surface area is 94.6 Å². The monoisotopic (exact) mass is 221 g/mol. The average Bonchev–Trinajstić information content (AvgIpc) is 2.58. The topological polar surface area (TPSA) is 14.2 Å². The van der Waals surface area contributed by atoms with Crippen LogP contribution < -0.4 is 0 Å². The number of para-hydroxylation sites is 1. The number of halogens is 1. The largest absolute Gasteiger partial charge is 0.385 e. The normalized spacial score (nSPS) is 11.2. The van der Waals surface area contributed by atoms with E-state index in [2.05, 4.69) is 0 Å². The number of rotatable bonds is 4. The minimum atomic E-state index is -0.150. The smallest absolute Gasteiger partial charge is 0.147 e. The standard InChI is InChI=1S/C13H16FNO/c1-10-9-15(7-4-8-16-2)13-11(10)5-3-6-12(13)14/h3,5-6,9H,4,7-8H2,1-2H3. The van der Waals surface area contributed by atoms with Gasteiger partial charge in [0.05, 0.1) is 5.52 Å². The van der Waals surface area contributed by atoms with Crippen molar-refractivity contribution in [1.82, 2.24) is 4.57 Å². The highest BCUT2D eigenvalue weighted by Crippen LogP contribution is 2.23. The quantitative estimate of drug-likeness (QED) is 0.723. The summed E-state index contributed by atoms with van der Waals surface area (Å²) in [4.78, 5) is 0. The third kappa shape index (κ3) is 1.95. The fourth-order valence-corrected chi connectivity index (χ4v) is 2.05. The maximum Gasteiger partial charge on any atom is 0.147 e. The summed E-state index contributed by atoms with van der Waals surface area (Å²) < 4.78 is 20.7. The predicted molar refractivity (Wildman–Crippen MR) is 63.1 cm³/mol. The molecule has 0 amide bonds. The Bertz CT molecular complexity index is 490. The Morgan fingerprint density at radius 3 is 2.94 bits per heavy atom. The Morgan fingerprint density at radius 2 is 2.19 bits per heavy atom. The molecule has 0 unspecified atom stereocenters. The van der Waals surface area contributed by atoms with Crippen molar-refractivity contribution in [3.05, 3.63) is 35.8 Å². The molecular formula is C13H16FNO. The van der Waals surface area contributed by atoms with E-state index >= 15 is 0 Å². The molecule has 1 aromatic carbocycles. The highest BCUT2D eigenvalue weighted by Gasteiger charge is 2.08. The Morgan fingerprint density at radius 1 is 1.38 bits per heavy atom. The molecule has 0 radical (unpaired) electrons.